The van der Waals surface area contributed by atoms with E-state index in [0.29, 0.717) is 31.1 Å². The van der Waals surface area contributed by atoms with Gasteiger partial charge in [0.05, 0.1) is 0 Å². The molecule has 2 heterocycles. The van der Waals surface area contributed by atoms with E-state index in [1.165, 1.54) is 6.42 Å². The van der Waals surface area contributed by atoms with Crippen molar-refractivity contribution in [1.29, 1.82) is 0 Å². The van der Waals surface area contributed by atoms with E-state index in [4.69, 9.17) is 9.72 Å². The van der Waals surface area contributed by atoms with Gasteiger partial charge in [0.2, 0.25) is 0 Å². The van der Waals surface area contributed by atoms with Gasteiger partial charge in [0.1, 0.15) is 18.2 Å². The Bertz CT molecular complexity index is 466. The Balaban J connectivity index is 2.28. The van der Waals surface area contributed by atoms with Gasteiger partial charge in [-0.1, -0.05) is 13.8 Å². The molecule has 1 aliphatic rings. The van der Waals surface area contributed by atoms with Crippen molar-refractivity contribution < 1.29 is 4.74 Å². The van der Waals surface area contributed by atoms with E-state index < -0.39 is 0 Å². The van der Waals surface area contributed by atoms with Gasteiger partial charge in [-0.3, -0.25) is 0 Å². The zero-order valence-corrected chi connectivity index (χ0v) is 13.9. The Hall–Kier alpha value is -1.36. The molecule has 1 aromatic rings. The number of aromatic nitrogens is 2. The number of piperidine rings is 1. The summed E-state index contributed by atoms with van der Waals surface area (Å²) in [5.41, 5.74) is 0. The van der Waals surface area contributed by atoms with E-state index in [1.807, 2.05) is 20.0 Å². The van der Waals surface area contributed by atoms with Crippen LogP contribution in [0.4, 0.5) is 11.6 Å². The van der Waals surface area contributed by atoms with Gasteiger partial charge in [0, 0.05) is 32.3 Å². The normalized spacial score (nSPS) is 26.0. The monoisotopic (exact) mass is 292 g/mol. The van der Waals surface area contributed by atoms with Gasteiger partial charge in [-0.15, -0.1) is 0 Å². The number of hydrogen-bond donors (Lipinski definition) is 1. The molecule has 3 unspecified atom stereocenters. The first-order valence-corrected chi connectivity index (χ1v) is 7.95. The quantitative estimate of drug-likeness (QED) is 0.904. The highest BCUT2D eigenvalue weighted by Crippen LogP contribution is 2.31. The minimum absolute atomic E-state index is 0.465. The van der Waals surface area contributed by atoms with Gasteiger partial charge in [-0.25, -0.2) is 9.97 Å². The molecule has 1 aromatic heterocycles. The third-order valence-electron chi connectivity index (χ3n) is 4.34. The van der Waals surface area contributed by atoms with Gasteiger partial charge < -0.3 is 15.0 Å². The third kappa shape index (κ3) is 3.84. The Morgan fingerprint density at radius 2 is 2.10 bits per heavy atom. The molecule has 0 bridgehead atoms. The van der Waals surface area contributed by atoms with E-state index in [1.54, 1.807) is 0 Å². The van der Waals surface area contributed by atoms with E-state index in [-0.39, 0.29) is 0 Å². The lowest BCUT2D eigenvalue weighted by Crippen LogP contribution is -2.46. The summed E-state index contributed by atoms with van der Waals surface area (Å²) in [6.45, 7) is 11.1. The van der Waals surface area contributed by atoms with Crippen LogP contribution in [-0.4, -0.2) is 36.2 Å². The summed E-state index contributed by atoms with van der Waals surface area (Å²) in [5.74, 6) is 3.98. The molecule has 3 atom stereocenters. The van der Waals surface area contributed by atoms with E-state index >= 15 is 0 Å². The molecule has 1 saturated heterocycles. The summed E-state index contributed by atoms with van der Waals surface area (Å²) >= 11 is 0. The summed E-state index contributed by atoms with van der Waals surface area (Å²) in [5, 5.41) is 3.13. The van der Waals surface area contributed by atoms with Crippen LogP contribution in [-0.2, 0) is 11.3 Å². The minimum Gasteiger partial charge on any atom is -0.374 e. The van der Waals surface area contributed by atoms with Crippen molar-refractivity contribution in [2.75, 3.05) is 30.4 Å². The Morgan fingerprint density at radius 1 is 1.33 bits per heavy atom. The Labute approximate surface area is 128 Å². The van der Waals surface area contributed by atoms with E-state index in [0.717, 1.165) is 24.0 Å². The first kappa shape index (κ1) is 16.0. The van der Waals surface area contributed by atoms with Crippen LogP contribution in [0.2, 0.25) is 0 Å². The largest absolute Gasteiger partial charge is 0.374 e. The lowest BCUT2D eigenvalue weighted by Gasteiger charge is -2.42. The van der Waals surface area contributed by atoms with Gasteiger partial charge >= 0.3 is 0 Å². The maximum absolute atomic E-state index is 5.46. The number of rotatable bonds is 5. The second kappa shape index (κ2) is 7.07. The van der Waals surface area contributed by atoms with Crippen LogP contribution < -0.4 is 10.2 Å². The first-order valence-electron chi connectivity index (χ1n) is 7.95. The average molecular weight is 292 g/mol. The van der Waals surface area contributed by atoms with Crippen molar-refractivity contribution in [2.45, 2.75) is 46.8 Å². The maximum atomic E-state index is 5.46. The molecule has 5 heteroatoms. The zero-order chi connectivity index (χ0) is 15.4. The summed E-state index contributed by atoms with van der Waals surface area (Å²) in [4.78, 5) is 11.6. The molecule has 5 nitrogen and oxygen atoms in total. The number of anilines is 2. The van der Waals surface area contributed by atoms with Crippen molar-refractivity contribution in [1.82, 2.24) is 9.97 Å². The van der Waals surface area contributed by atoms with Gasteiger partial charge in [0.15, 0.2) is 5.82 Å². The molecule has 2 rings (SSSR count). The van der Waals surface area contributed by atoms with Crippen LogP contribution in [0.25, 0.3) is 0 Å². The average Bonchev–Trinajstić information content (AvgIpc) is 2.48. The highest BCUT2D eigenvalue weighted by Gasteiger charge is 2.30. The predicted molar refractivity (Wildman–Crippen MR) is 86.7 cm³/mol. The number of hydrogen-bond acceptors (Lipinski definition) is 5. The summed E-state index contributed by atoms with van der Waals surface area (Å²) in [6.07, 6.45) is 1.29. The standard InChI is InChI=1S/C16H28N4O/c1-6-21-10-15-18-14(17-5)8-16(19-15)20-9-11(2)7-12(3)13(20)4/h8,11-13H,6-7,9-10H2,1-5H3,(H,17,18,19). The topological polar surface area (TPSA) is 50.3 Å². The second-order valence-electron chi connectivity index (χ2n) is 6.13. The molecule has 0 saturated carbocycles. The van der Waals surface area contributed by atoms with E-state index in [9.17, 15) is 0 Å². The third-order valence-corrected chi connectivity index (χ3v) is 4.34. The fourth-order valence-electron chi connectivity index (χ4n) is 3.03. The smallest absolute Gasteiger partial charge is 0.158 e. The van der Waals surface area contributed by atoms with Crippen LogP contribution in [0.5, 0.6) is 0 Å². The van der Waals surface area contributed by atoms with Crippen molar-refractivity contribution in [3.63, 3.8) is 0 Å². The molecule has 1 N–H and O–H groups in total. The summed E-state index contributed by atoms with van der Waals surface area (Å²) in [7, 11) is 1.89. The molecule has 21 heavy (non-hydrogen) atoms. The maximum Gasteiger partial charge on any atom is 0.158 e. The number of ether oxygens (including phenoxy) is 1. The van der Waals surface area contributed by atoms with Crippen molar-refractivity contribution in [2.24, 2.45) is 11.8 Å². The second-order valence-corrected chi connectivity index (χ2v) is 6.13. The van der Waals surface area contributed by atoms with Gasteiger partial charge in [-0.05, 0) is 32.1 Å². The van der Waals surface area contributed by atoms with Crippen LogP contribution in [0.15, 0.2) is 6.07 Å². The molecule has 0 aromatic carbocycles. The number of nitrogens with one attached hydrogen (secondary N) is 1. The fraction of sp³-hybridized carbons (Fsp3) is 0.750. The molecule has 0 aliphatic carbocycles. The van der Waals surface area contributed by atoms with Crippen molar-refractivity contribution in [3.05, 3.63) is 11.9 Å². The van der Waals surface area contributed by atoms with Gasteiger partial charge in [-0.2, -0.15) is 0 Å². The lowest BCUT2D eigenvalue weighted by atomic mass is 9.86. The molecule has 0 amide bonds. The van der Waals surface area contributed by atoms with E-state index in [2.05, 4.69) is 36.0 Å². The predicted octanol–water partition coefficient (Wildman–Crippen LogP) is 2.93. The molecule has 1 fully saturated rings. The lowest BCUT2D eigenvalue weighted by molar-refractivity contribution is 0.128. The van der Waals surface area contributed by atoms with Crippen molar-refractivity contribution >= 4 is 11.6 Å². The number of nitrogens with zero attached hydrogens (tertiary/aromatic N) is 3. The zero-order valence-electron chi connectivity index (χ0n) is 13.9. The summed E-state index contributed by atoms with van der Waals surface area (Å²) < 4.78 is 5.46. The summed E-state index contributed by atoms with van der Waals surface area (Å²) in [6, 6.07) is 2.54. The van der Waals surface area contributed by atoms with Crippen LogP contribution in [0.3, 0.4) is 0 Å². The minimum atomic E-state index is 0.465. The Kier molecular flexibility index (Phi) is 5.39. The molecular weight excluding hydrogens is 264 g/mol. The SMILES string of the molecule is CCOCc1nc(NC)cc(N2CC(C)CC(C)C2C)n1. The van der Waals surface area contributed by atoms with Crippen LogP contribution in [0.1, 0.15) is 39.9 Å². The molecule has 1 aliphatic heterocycles. The highest BCUT2D eigenvalue weighted by molar-refractivity contribution is 5.50. The molecule has 0 spiro atoms. The highest BCUT2D eigenvalue weighted by atomic mass is 16.5. The fourth-order valence-corrected chi connectivity index (χ4v) is 3.03. The van der Waals surface area contributed by atoms with Crippen LogP contribution in [0, 0.1) is 11.8 Å². The Morgan fingerprint density at radius 3 is 2.76 bits per heavy atom. The first-order chi connectivity index (χ1) is 10.0. The van der Waals surface area contributed by atoms with Crippen LogP contribution >= 0.6 is 0 Å². The molecule has 0 radical (unpaired) electrons. The molecular formula is C16H28N4O. The van der Waals surface area contributed by atoms with Gasteiger partial charge in [0.25, 0.3) is 0 Å². The molecule has 118 valence electrons. The van der Waals surface area contributed by atoms with Crippen molar-refractivity contribution in [3.8, 4) is 0 Å².